The Hall–Kier alpha value is -2.38. The van der Waals surface area contributed by atoms with Gasteiger partial charge in [-0.05, 0) is 17.7 Å². The van der Waals surface area contributed by atoms with Crippen LogP contribution in [0.1, 0.15) is 5.56 Å². The molecule has 0 saturated heterocycles. The number of hydrogen-bond donors (Lipinski definition) is 1. The van der Waals surface area contributed by atoms with Gasteiger partial charge in [0.15, 0.2) is 9.84 Å². The zero-order valence-electron chi connectivity index (χ0n) is 12.4. The third-order valence-electron chi connectivity index (χ3n) is 3.33. The van der Waals surface area contributed by atoms with Crippen molar-refractivity contribution in [2.24, 2.45) is 0 Å². The molecule has 0 aliphatic carbocycles. The van der Waals surface area contributed by atoms with Gasteiger partial charge in [-0.25, -0.2) is 13.4 Å². The number of ether oxygens (including phenoxy) is 1. The minimum atomic E-state index is -3.62. The van der Waals surface area contributed by atoms with Crippen LogP contribution in [0, 0.1) is 0 Å². The molecule has 1 amide bonds. The van der Waals surface area contributed by atoms with Crippen LogP contribution in [0.3, 0.4) is 0 Å². The molecule has 0 saturated carbocycles. The van der Waals surface area contributed by atoms with Crippen LogP contribution in [0.2, 0.25) is 5.02 Å². The lowest BCUT2D eigenvalue weighted by Gasteiger charge is -2.21. The summed E-state index contributed by atoms with van der Waals surface area (Å²) in [5.74, 6) is -0.834. The van der Waals surface area contributed by atoms with E-state index in [2.05, 4.69) is 10.3 Å². The molecule has 2 heterocycles. The predicted octanol–water partition coefficient (Wildman–Crippen LogP) is 2.49. The molecule has 6 nitrogen and oxygen atoms in total. The first-order valence-corrected chi connectivity index (χ1v) is 9.08. The average Bonchev–Trinajstić information content (AvgIpc) is 2.56. The van der Waals surface area contributed by atoms with E-state index < -0.39 is 15.7 Å². The molecule has 8 heteroatoms. The van der Waals surface area contributed by atoms with Crippen LogP contribution in [-0.2, 0) is 19.4 Å². The molecule has 24 heavy (non-hydrogen) atoms. The van der Waals surface area contributed by atoms with E-state index in [1.54, 1.807) is 36.4 Å². The second-order valence-electron chi connectivity index (χ2n) is 5.01. The van der Waals surface area contributed by atoms with E-state index in [9.17, 15) is 13.2 Å². The van der Waals surface area contributed by atoms with Gasteiger partial charge in [-0.2, -0.15) is 0 Å². The fraction of sp³-hybridized carbons (Fsp3) is 0.125. The van der Waals surface area contributed by atoms with Gasteiger partial charge in [0.1, 0.15) is 17.3 Å². The van der Waals surface area contributed by atoms with Crippen molar-refractivity contribution in [3.63, 3.8) is 0 Å². The van der Waals surface area contributed by atoms with Crippen molar-refractivity contribution < 1.29 is 17.9 Å². The normalized spacial score (nSPS) is 16.4. The number of hydrogen-bond acceptors (Lipinski definition) is 5. The highest BCUT2D eigenvalue weighted by Crippen LogP contribution is 2.30. The van der Waals surface area contributed by atoms with E-state index in [0.717, 1.165) is 0 Å². The van der Waals surface area contributed by atoms with Gasteiger partial charge in [0.05, 0.1) is 10.8 Å². The van der Waals surface area contributed by atoms with Gasteiger partial charge < -0.3 is 10.1 Å². The summed E-state index contributed by atoms with van der Waals surface area (Å²) in [4.78, 5) is 16.3. The molecule has 0 spiro atoms. The molecule has 1 N–H and O–H groups in total. The number of sulfone groups is 1. The number of pyridine rings is 1. The first kappa shape index (κ1) is 16.5. The van der Waals surface area contributed by atoms with Crippen LogP contribution in [-0.4, -0.2) is 31.7 Å². The van der Waals surface area contributed by atoms with E-state index in [1.165, 1.54) is 12.3 Å². The molecule has 1 aliphatic rings. The first-order valence-electron chi connectivity index (χ1n) is 7.05. The number of halogens is 1. The van der Waals surface area contributed by atoms with Crippen molar-refractivity contribution in [2.45, 2.75) is 0 Å². The summed E-state index contributed by atoms with van der Waals surface area (Å²) in [5.41, 5.74) is 0.409. The molecule has 0 radical (unpaired) electrons. The molecule has 0 bridgehead atoms. The number of amides is 1. The number of nitrogens with one attached hydrogen (secondary N) is 1. The largest absolute Gasteiger partial charge is 0.486 e. The van der Waals surface area contributed by atoms with Gasteiger partial charge in [-0.15, -0.1) is 0 Å². The fourth-order valence-corrected chi connectivity index (χ4v) is 3.80. The third kappa shape index (κ3) is 3.42. The number of carbonyl (C=O) groups is 1. The van der Waals surface area contributed by atoms with Gasteiger partial charge in [0, 0.05) is 6.20 Å². The number of anilines is 1. The Balaban J connectivity index is 2.02. The SMILES string of the molecule is O=C(Nc1ccc(Cl)cn1)C1=C(c2ccccc2)S(=O)(=O)CCO1. The lowest BCUT2D eigenvalue weighted by Crippen LogP contribution is -2.28. The topological polar surface area (TPSA) is 85.4 Å². The van der Waals surface area contributed by atoms with E-state index >= 15 is 0 Å². The Labute approximate surface area is 144 Å². The summed E-state index contributed by atoms with van der Waals surface area (Å²) >= 11 is 5.75. The number of aromatic nitrogens is 1. The predicted molar refractivity (Wildman–Crippen MR) is 91.0 cm³/mol. The van der Waals surface area contributed by atoms with Crippen LogP contribution in [0.15, 0.2) is 54.4 Å². The van der Waals surface area contributed by atoms with Crippen LogP contribution < -0.4 is 5.32 Å². The number of nitrogens with zero attached hydrogens (tertiary/aromatic N) is 1. The maximum absolute atomic E-state index is 12.5. The van der Waals surface area contributed by atoms with Gasteiger partial charge in [-0.1, -0.05) is 41.9 Å². The molecule has 0 unspecified atom stereocenters. The minimum absolute atomic E-state index is 0.0739. The Morgan fingerprint density at radius 2 is 1.92 bits per heavy atom. The van der Waals surface area contributed by atoms with Crippen molar-refractivity contribution in [2.75, 3.05) is 17.7 Å². The molecular formula is C16H13ClN2O4S. The van der Waals surface area contributed by atoms with Gasteiger partial charge in [0.25, 0.3) is 5.91 Å². The lowest BCUT2D eigenvalue weighted by atomic mass is 10.2. The Kier molecular flexibility index (Phi) is 4.55. The van der Waals surface area contributed by atoms with Crippen LogP contribution in [0.25, 0.3) is 4.91 Å². The summed E-state index contributed by atoms with van der Waals surface area (Å²) in [6.45, 7) is -0.0739. The quantitative estimate of drug-likeness (QED) is 0.904. The molecular weight excluding hydrogens is 352 g/mol. The number of benzene rings is 1. The monoisotopic (exact) mass is 364 g/mol. The molecule has 0 fully saturated rings. The van der Waals surface area contributed by atoms with Crippen molar-refractivity contribution in [3.05, 3.63) is 65.0 Å². The van der Waals surface area contributed by atoms with Crippen molar-refractivity contribution in [3.8, 4) is 0 Å². The molecule has 1 aromatic carbocycles. The molecule has 124 valence electrons. The molecule has 0 atom stereocenters. The minimum Gasteiger partial charge on any atom is -0.486 e. The summed E-state index contributed by atoms with van der Waals surface area (Å²) in [6.07, 6.45) is 1.38. The van der Waals surface area contributed by atoms with Gasteiger partial charge in [0.2, 0.25) is 5.76 Å². The maximum atomic E-state index is 12.5. The van der Waals surface area contributed by atoms with Gasteiger partial charge in [-0.3, -0.25) is 4.79 Å². The van der Waals surface area contributed by atoms with Crippen molar-refractivity contribution in [1.82, 2.24) is 4.98 Å². The number of rotatable bonds is 3. The van der Waals surface area contributed by atoms with E-state index in [1.807, 2.05) is 0 Å². The smallest absolute Gasteiger partial charge is 0.293 e. The molecule has 3 rings (SSSR count). The Morgan fingerprint density at radius 1 is 1.17 bits per heavy atom. The second kappa shape index (κ2) is 6.62. The summed E-state index contributed by atoms with van der Waals surface area (Å²) < 4.78 is 30.3. The summed E-state index contributed by atoms with van der Waals surface area (Å²) in [5, 5.41) is 2.95. The van der Waals surface area contributed by atoms with Crippen molar-refractivity contribution in [1.29, 1.82) is 0 Å². The maximum Gasteiger partial charge on any atom is 0.293 e. The van der Waals surface area contributed by atoms with E-state index in [4.69, 9.17) is 16.3 Å². The first-order chi connectivity index (χ1) is 11.5. The highest BCUT2D eigenvalue weighted by molar-refractivity contribution is 8.00. The zero-order chi connectivity index (χ0) is 17.2. The molecule has 1 aromatic heterocycles. The standard InChI is InChI=1S/C16H13ClN2O4S/c17-12-6-7-13(18-10-12)19-16(20)14-15(11-4-2-1-3-5-11)24(21,22)9-8-23-14/h1-7,10H,8-9H2,(H,18,19,20). The lowest BCUT2D eigenvalue weighted by molar-refractivity contribution is -0.116. The van der Waals surface area contributed by atoms with Crippen LogP contribution in [0.4, 0.5) is 5.82 Å². The van der Waals surface area contributed by atoms with Crippen LogP contribution >= 0.6 is 11.6 Å². The van der Waals surface area contributed by atoms with Crippen molar-refractivity contribution >= 4 is 38.1 Å². The van der Waals surface area contributed by atoms with E-state index in [0.29, 0.717) is 10.6 Å². The number of carbonyl (C=O) groups excluding carboxylic acids is 1. The van der Waals surface area contributed by atoms with Gasteiger partial charge >= 0.3 is 0 Å². The zero-order valence-corrected chi connectivity index (χ0v) is 14.0. The highest BCUT2D eigenvalue weighted by atomic mass is 35.5. The summed E-state index contributed by atoms with van der Waals surface area (Å²) in [6, 6.07) is 11.5. The van der Waals surface area contributed by atoms with Crippen LogP contribution in [0.5, 0.6) is 0 Å². The fourth-order valence-electron chi connectivity index (χ4n) is 2.25. The summed E-state index contributed by atoms with van der Waals surface area (Å²) in [7, 11) is -3.62. The highest BCUT2D eigenvalue weighted by Gasteiger charge is 2.33. The Morgan fingerprint density at radius 3 is 2.58 bits per heavy atom. The second-order valence-corrected chi connectivity index (χ2v) is 7.49. The van der Waals surface area contributed by atoms with E-state index in [-0.39, 0.29) is 28.8 Å². The third-order valence-corrected chi connectivity index (χ3v) is 5.30. The average molecular weight is 365 g/mol. The Bertz CT molecular complexity index is 893. The molecule has 1 aliphatic heterocycles. The molecule has 2 aromatic rings.